The topological polar surface area (TPSA) is 0 Å². The van der Waals surface area contributed by atoms with E-state index in [4.69, 9.17) is 0 Å². The molecule has 0 unspecified atom stereocenters. The van der Waals surface area contributed by atoms with Gasteiger partial charge in [-0.1, -0.05) is 104 Å². The van der Waals surface area contributed by atoms with Gasteiger partial charge < -0.3 is 37.2 Å². The zero-order valence-electron chi connectivity index (χ0n) is 13.4. The summed E-state index contributed by atoms with van der Waals surface area (Å²) in [5, 5.41) is 0. The zero-order chi connectivity index (χ0) is 11.9. The van der Waals surface area contributed by atoms with Crippen molar-refractivity contribution in [1.29, 1.82) is 0 Å². The van der Waals surface area contributed by atoms with Crippen molar-refractivity contribution in [3.05, 3.63) is 0 Å². The van der Waals surface area contributed by atoms with Crippen LogP contribution in [0.2, 0.25) is 0 Å². The van der Waals surface area contributed by atoms with E-state index >= 15 is 0 Å². The summed E-state index contributed by atoms with van der Waals surface area (Å²) >= 11 is 0. The minimum Gasteiger partial charge on any atom is -1.00 e. The van der Waals surface area contributed by atoms with Gasteiger partial charge in [-0.25, -0.2) is 0 Å². The Kier molecular flexibility index (Phi) is 53.6. The molecule has 0 nitrogen and oxygen atoms in total. The molecule has 0 atom stereocenters. The number of halogens is 3. The first-order valence-corrected chi connectivity index (χ1v) is 7.91. The Balaban J connectivity index is -0.000000187. The van der Waals surface area contributed by atoms with Gasteiger partial charge in [0, 0.05) is 0 Å². The van der Waals surface area contributed by atoms with Crippen LogP contribution >= 0.6 is 0 Å². The summed E-state index contributed by atoms with van der Waals surface area (Å²) in [6.07, 6.45) is 20.4. The molecule has 0 radical (unpaired) electrons. The molecule has 0 aromatic carbocycles. The van der Waals surface area contributed by atoms with Crippen molar-refractivity contribution in [2.45, 2.75) is 104 Å². The molecule has 0 aliphatic rings. The van der Waals surface area contributed by atoms with Crippen molar-refractivity contribution >= 4 is 0 Å². The third kappa shape index (κ3) is 31.7. The Bertz CT molecular complexity index is 110. The molecular weight excluding hydrogens is 353 g/mol. The van der Waals surface area contributed by atoms with E-state index < -0.39 is 0 Å². The maximum Gasteiger partial charge on any atom is 3.00 e. The molecule has 0 N–H and O–H groups in total. The number of hydrogen-bond acceptors (Lipinski definition) is 0. The summed E-state index contributed by atoms with van der Waals surface area (Å²) < 4.78 is 0. The monoisotopic (exact) mass is 386 g/mol. The van der Waals surface area contributed by atoms with Crippen LogP contribution in [0.5, 0.6) is 0 Å². The van der Waals surface area contributed by atoms with Gasteiger partial charge in [0.05, 0.1) is 0 Å². The fourth-order valence-corrected chi connectivity index (χ4v) is 2.27. The van der Waals surface area contributed by atoms with Gasteiger partial charge in [0.25, 0.3) is 0 Å². The van der Waals surface area contributed by atoms with Gasteiger partial charge in [-0.3, -0.25) is 0 Å². The van der Waals surface area contributed by atoms with E-state index in [1.54, 1.807) is 0 Å². The van der Waals surface area contributed by atoms with E-state index in [0.717, 1.165) is 0 Å². The third-order valence-corrected chi connectivity index (χ3v) is 3.46. The van der Waals surface area contributed by atoms with Gasteiger partial charge in [0.1, 0.15) is 0 Å². The Labute approximate surface area is 157 Å². The zero-order valence-corrected chi connectivity index (χ0v) is 16.9. The average molecular weight is 388 g/mol. The van der Waals surface area contributed by atoms with E-state index in [-0.39, 0.29) is 54.3 Å². The number of unbranched alkanes of at least 4 members (excludes halogenated alkanes) is 13. The molecule has 20 heavy (non-hydrogen) atoms. The Morgan fingerprint density at radius 3 is 0.650 bits per heavy atom. The van der Waals surface area contributed by atoms with E-state index in [1.165, 1.54) is 89.9 Å². The van der Waals surface area contributed by atoms with Crippen molar-refractivity contribution in [3.63, 3.8) is 0 Å². The molecule has 126 valence electrons. The predicted octanol–water partition coefficient (Wildman–Crippen LogP) is -2.50. The molecule has 0 saturated heterocycles. The molecule has 0 fully saturated rings. The standard InChI is InChI=1S/C16H34.3ClH.Mn/c1-3-5-7-9-11-13-15-16-14-12-10-8-6-4-2;;;;/h3-16H2,1-2H3;3*1H;/q;;;;+3/p-3. The van der Waals surface area contributed by atoms with Crippen LogP contribution in [0.25, 0.3) is 0 Å². The second-order valence-corrected chi connectivity index (χ2v) is 5.24. The third-order valence-electron chi connectivity index (χ3n) is 3.46. The molecule has 0 aromatic heterocycles. The van der Waals surface area contributed by atoms with Crippen LogP contribution in [0.4, 0.5) is 0 Å². The van der Waals surface area contributed by atoms with Crippen molar-refractivity contribution in [3.8, 4) is 0 Å². The summed E-state index contributed by atoms with van der Waals surface area (Å²) in [5.41, 5.74) is 0. The molecule has 0 spiro atoms. The van der Waals surface area contributed by atoms with Crippen LogP contribution in [-0.4, -0.2) is 0 Å². The molecule has 4 heteroatoms. The number of hydrogen-bond donors (Lipinski definition) is 0. The van der Waals surface area contributed by atoms with Crippen molar-refractivity contribution < 1.29 is 54.3 Å². The summed E-state index contributed by atoms with van der Waals surface area (Å²) in [6, 6.07) is 0. The van der Waals surface area contributed by atoms with E-state index in [2.05, 4.69) is 13.8 Å². The minimum absolute atomic E-state index is 0. The predicted molar refractivity (Wildman–Crippen MR) is 76.0 cm³/mol. The van der Waals surface area contributed by atoms with E-state index in [9.17, 15) is 0 Å². The largest absolute Gasteiger partial charge is 3.00 e. The molecule has 0 heterocycles. The smallest absolute Gasteiger partial charge is 1.00 e. The summed E-state index contributed by atoms with van der Waals surface area (Å²) in [4.78, 5) is 0. The second kappa shape index (κ2) is 32.4. The quantitative estimate of drug-likeness (QED) is 0.242. The molecule has 0 aliphatic heterocycles. The molecule has 0 bridgehead atoms. The van der Waals surface area contributed by atoms with Crippen LogP contribution < -0.4 is 37.2 Å². The molecule has 0 aliphatic carbocycles. The first-order valence-electron chi connectivity index (χ1n) is 7.91. The summed E-state index contributed by atoms with van der Waals surface area (Å²) in [7, 11) is 0. The first kappa shape index (κ1) is 33.1. The molecule has 0 amide bonds. The average Bonchev–Trinajstić information content (AvgIpc) is 2.31. The van der Waals surface area contributed by atoms with Crippen LogP contribution in [0.1, 0.15) is 104 Å². The van der Waals surface area contributed by atoms with Gasteiger partial charge in [0.15, 0.2) is 0 Å². The SMILES string of the molecule is CCCCCCCCCCCCCCCC.[Cl-].[Cl-].[Cl-].[Mn+3]. The molecule has 0 rings (SSSR count). The maximum absolute atomic E-state index is 2.29. The van der Waals surface area contributed by atoms with Crippen molar-refractivity contribution in [2.75, 3.05) is 0 Å². The maximum atomic E-state index is 2.29. The van der Waals surface area contributed by atoms with Crippen LogP contribution in [0, 0.1) is 0 Å². The van der Waals surface area contributed by atoms with Crippen molar-refractivity contribution in [2.24, 2.45) is 0 Å². The van der Waals surface area contributed by atoms with Gasteiger partial charge >= 0.3 is 17.1 Å². The number of rotatable bonds is 13. The second-order valence-electron chi connectivity index (χ2n) is 5.24. The van der Waals surface area contributed by atoms with E-state index in [1.807, 2.05) is 0 Å². The Morgan fingerprint density at radius 2 is 0.500 bits per heavy atom. The van der Waals surface area contributed by atoms with Crippen LogP contribution in [-0.2, 0) is 17.1 Å². The van der Waals surface area contributed by atoms with Gasteiger partial charge in [-0.2, -0.15) is 0 Å². The summed E-state index contributed by atoms with van der Waals surface area (Å²) in [6.45, 7) is 4.58. The van der Waals surface area contributed by atoms with Crippen LogP contribution in [0.3, 0.4) is 0 Å². The molecule has 0 saturated carbocycles. The molecule has 0 aromatic rings. The Hall–Kier alpha value is 1.39. The summed E-state index contributed by atoms with van der Waals surface area (Å²) in [5.74, 6) is 0. The Morgan fingerprint density at radius 1 is 0.350 bits per heavy atom. The van der Waals surface area contributed by atoms with E-state index in [0.29, 0.717) is 0 Å². The normalized spacial score (nSPS) is 8.70. The first-order chi connectivity index (χ1) is 7.91. The van der Waals surface area contributed by atoms with Crippen molar-refractivity contribution in [1.82, 2.24) is 0 Å². The molecular formula is C16H34Cl3Mn. The fraction of sp³-hybridized carbons (Fsp3) is 1.00. The fourth-order valence-electron chi connectivity index (χ4n) is 2.27. The van der Waals surface area contributed by atoms with Crippen LogP contribution in [0.15, 0.2) is 0 Å². The van der Waals surface area contributed by atoms with Gasteiger partial charge in [-0.05, 0) is 0 Å². The van der Waals surface area contributed by atoms with Gasteiger partial charge in [-0.15, -0.1) is 0 Å². The van der Waals surface area contributed by atoms with Gasteiger partial charge in [0.2, 0.25) is 0 Å². The minimum atomic E-state index is 0.